The summed E-state index contributed by atoms with van der Waals surface area (Å²) in [5.74, 6) is 0.901. The number of rotatable bonds is 2. The highest BCUT2D eigenvalue weighted by Crippen LogP contribution is 2.42. The van der Waals surface area contributed by atoms with Gasteiger partial charge < -0.3 is 19.1 Å². The minimum atomic E-state index is -1.87. The molecule has 3 aliphatic heterocycles. The summed E-state index contributed by atoms with van der Waals surface area (Å²) in [5, 5.41) is 12.1. The third-order valence-electron chi connectivity index (χ3n) is 8.71. The molecular weight excluding hydrogens is 461 g/mol. The Bertz CT molecular complexity index is 1450. The van der Waals surface area contributed by atoms with Crippen LogP contribution in [0.5, 0.6) is 5.75 Å². The second-order valence-electron chi connectivity index (χ2n) is 10.6. The largest absolute Gasteiger partial charge is 0.478 e. The van der Waals surface area contributed by atoms with Crippen molar-refractivity contribution in [2.75, 3.05) is 6.73 Å². The summed E-state index contributed by atoms with van der Waals surface area (Å²) in [4.78, 5) is 20.9. The first-order valence-electron chi connectivity index (χ1n) is 13.1. The number of halogens is 1. The highest BCUT2D eigenvalue weighted by Gasteiger charge is 2.45. The number of pyridine rings is 2. The van der Waals surface area contributed by atoms with Crippen molar-refractivity contribution in [2.24, 2.45) is 0 Å². The Balaban J connectivity index is 1.33. The van der Waals surface area contributed by atoms with Crippen LogP contribution >= 0.6 is 0 Å². The van der Waals surface area contributed by atoms with Gasteiger partial charge in [0, 0.05) is 40.2 Å². The zero-order valence-electron chi connectivity index (χ0n) is 20.4. The summed E-state index contributed by atoms with van der Waals surface area (Å²) in [6, 6.07) is 8.39. The van der Waals surface area contributed by atoms with E-state index >= 15 is 0 Å². The zero-order chi connectivity index (χ0) is 24.6. The Morgan fingerprint density at radius 1 is 1.17 bits per heavy atom. The van der Waals surface area contributed by atoms with E-state index in [1.54, 1.807) is 17.6 Å². The Labute approximate surface area is 208 Å². The van der Waals surface area contributed by atoms with E-state index in [0.29, 0.717) is 41.8 Å². The molecule has 8 heteroatoms. The van der Waals surface area contributed by atoms with E-state index in [-0.39, 0.29) is 18.6 Å². The Morgan fingerprint density at radius 2 is 2.00 bits per heavy atom. The highest BCUT2D eigenvalue weighted by molar-refractivity contribution is 5.88. The maximum atomic E-state index is 14.6. The summed E-state index contributed by atoms with van der Waals surface area (Å²) in [6.07, 6.45) is 4.53. The average molecular weight is 492 g/mol. The van der Waals surface area contributed by atoms with Gasteiger partial charge in [0.2, 0.25) is 6.36 Å². The standard InChI is InChI=1S/C28H30FN3O4/c1-2-28(34)21-11-23-25-16(12-32(23)26(33)20(21)14-35-27(28)29)10-18-19-13-31(17-6-4-3-5-7-17)15-36-24(19)9-8-22(18)30-25/h8-11,17,27,34H,2-7,12-15H2,1H3/t27-,28+/m1/s1. The van der Waals surface area contributed by atoms with Crippen molar-refractivity contribution >= 4 is 10.9 Å². The van der Waals surface area contributed by atoms with E-state index in [1.165, 1.54) is 32.1 Å². The van der Waals surface area contributed by atoms with Crippen molar-refractivity contribution < 1.29 is 19.0 Å². The molecule has 0 unspecified atom stereocenters. The lowest BCUT2D eigenvalue weighted by Gasteiger charge is -2.37. The van der Waals surface area contributed by atoms with E-state index in [2.05, 4.69) is 11.0 Å². The Kier molecular flexibility index (Phi) is 5.04. The topological polar surface area (TPSA) is 76.8 Å². The fourth-order valence-electron chi connectivity index (χ4n) is 6.55. The number of ether oxygens (including phenoxy) is 2. The lowest BCUT2D eigenvalue weighted by molar-refractivity contribution is -0.198. The van der Waals surface area contributed by atoms with Crippen LogP contribution in [0.25, 0.3) is 22.3 Å². The van der Waals surface area contributed by atoms with Gasteiger partial charge in [0.05, 0.1) is 30.1 Å². The molecule has 4 aliphatic rings. The van der Waals surface area contributed by atoms with Crippen LogP contribution in [0.2, 0.25) is 0 Å². The molecule has 36 heavy (non-hydrogen) atoms. The third kappa shape index (κ3) is 3.14. The molecule has 0 spiro atoms. The van der Waals surface area contributed by atoms with Crippen LogP contribution in [0.1, 0.15) is 67.7 Å². The first-order chi connectivity index (χ1) is 17.5. The molecule has 0 amide bonds. The quantitative estimate of drug-likeness (QED) is 0.450. The fourth-order valence-corrected chi connectivity index (χ4v) is 6.55. The van der Waals surface area contributed by atoms with Crippen LogP contribution < -0.4 is 10.3 Å². The number of nitrogens with zero attached hydrogens (tertiary/aromatic N) is 3. The molecule has 1 saturated carbocycles. The monoisotopic (exact) mass is 491 g/mol. The van der Waals surface area contributed by atoms with Crippen molar-refractivity contribution in [3.63, 3.8) is 0 Å². The van der Waals surface area contributed by atoms with Gasteiger partial charge in [-0.05, 0) is 43.5 Å². The van der Waals surface area contributed by atoms with Crippen molar-refractivity contribution in [1.82, 2.24) is 14.5 Å². The number of hydrogen-bond donors (Lipinski definition) is 1. The van der Waals surface area contributed by atoms with Crippen molar-refractivity contribution in [3.8, 4) is 17.1 Å². The van der Waals surface area contributed by atoms with E-state index in [4.69, 9.17) is 14.5 Å². The molecule has 3 aromatic rings. The lowest BCUT2D eigenvalue weighted by Crippen LogP contribution is -2.45. The minimum absolute atomic E-state index is 0.103. The second-order valence-corrected chi connectivity index (χ2v) is 10.6. The van der Waals surface area contributed by atoms with Crippen LogP contribution in [-0.2, 0) is 30.0 Å². The molecule has 1 N–H and O–H groups in total. The van der Waals surface area contributed by atoms with Crippen molar-refractivity contribution in [1.29, 1.82) is 0 Å². The number of benzene rings is 1. The van der Waals surface area contributed by atoms with Gasteiger partial charge in [0.1, 0.15) is 18.1 Å². The summed E-state index contributed by atoms with van der Waals surface area (Å²) in [6.45, 7) is 3.38. The lowest BCUT2D eigenvalue weighted by atomic mass is 9.85. The van der Waals surface area contributed by atoms with Gasteiger partial charge in [-0.2, -0.15) is 0 Å². The predicted molar refractivity (Wildman–Crippen MR) is 132 cm³/mol. The minimum Gasteiger partial charge on any atom is -0.478 e. The molecule has 2 atom stereocenters. The maximum absolute atomic E-state index is 14.6. The Morgan fingerprint density at radius 3 is 2.81 bits per heavy atom. The summed E-state index contributed by atoms with van der Waals surface area (Å²) >= 11 is 0. The van der Waals surface area contributed by atoms with Crippen LogP contribution in [-0.4, -0.2) is 38.7 Å². The number of aliphatic hydroxyl groups is 1. The summed E-state index contributed by atoms with van der Waals surface area (Å²) in [7, 11) is 0. The van der Waals surface area contributed by atoms with Gasteiger partial charge in [0.15, 0.2) is 0 Å². The first-order valence-corrected chi connectivity index (χ1v) is 13.1. The normalized spacial score (nSPS) is 25.7. The van der Waals surface area contributed by atoms with Crippen molar-refractivity contribution in [2.45, 2.75) is 83.1 Å². The van der Waals surface area contributed by atoms with Gasteiger partial charge in [-0.15, -0.1) is 0 Å². The van der Waals surface area contributed by atoms with Crippen LogP contribution in [0, 0.1) is 0 Å². The first kappa shape index (κ1) is 22.4. The Hall–Kier alpha value is -2.81. The number of hydrogen-bond acceptors (Lipinski definition) is 6. The molecule has 1 aliphatic carbocycles. The number of alkyl halides is 1. The molecule has 0 radical (unpaired) electrons. The maximum Gasteiger partial charge on any atom is 0.257 e. The van der Waals surface area contributed by atoms with Gasteiger partial charge in [0.25, 0.3) is 5.56 Å². The predicted octanol–water partition coefficient (Wildman–Crippen LogP) is 4.33. The molecule has 1 aromatic carbocycles. The smallest absolute Gasteiger partial charge is 0.257 e. The van der Waals surface area contributed by atoms with Gasteiger partial charge in [-0.25, -0.2) is 9.37 Å². The van der Waals surface area contributed by atoms with Gasteiger partial charge >= 0.3 is 0 Å². The molecule has 2 aromatic heterocycles. The van der Waals surface area contributed by atoms with E-state index in [9.17, 15) is 14.3 Å². The highest BCUT2D eigenvalue weighted by atomic mass is 19.1. The summed E-state index contributed by atoms with van der Waals surface area (Å²) in [5.41, 5.74) is 2.81. The molecule has 1 fully saturated rings. The van der Waals surface area contributed by atoms with Gasteiger partial charge in [-0.3, -0.25) is 9.69 Å². The van der Waals surface area contributed by atoms with E-state index < -0.39 is 12.0 Å². The SMILES string of the molecule is CC[C@]1(O)c2cc3n(c(=O)c2CO[C@H]1F)Cc1cc2c4c(ccc2nc1-3)OCN(C1CCCCC1)C4. The van der Waals surface area contributed by atoms with Crippen LogP contribution in [0.15, 0.2) is 29.1 Å². The van der Waals surface area contributed by atoms with E-state index in [0.717, 1.165) is 34.3 Å². The number of aromatic nitrogens is 2. The molecule has 0 bridgehead atoms. The third-order valence-corrected chi connectivity index (χ3v) is 8.71. The second kappa shape index (κ2) is 8.10. The molecule has 5 heterocycles. The molecule has 7 nitrogen and oxygen atoms in total. The summed E-state index contributed by atoms with van der Waals surface area (Å²) < 4.78 is 27.6. The molecular formula is C28H30FN3O4. The van der Waals surface area contributed by atoms with Crippen LogP contribution in [0.3, 0.4) is 0 Å². The van der Waals surface area contributed by atoms with Crippen molar-refractivity contribution in [3.05, 3.63) is 56.9 Å². The average Bonchev–Trinajstić information content (AvgIpc) is 3.28. The molecule has 188 valence electrons. The van der Waals surface area contributed by atoms with Gasteiger partial charge in [-0.1, -0.05) is 26.2 Å². The molecule has 0 saturated heterocycles. The number of fused-ring (bicyclic) bond motifs is 7. The van der Waals surface area contributed by atoms with Crippen LogP contribution in [0.4, 0.5) is 4.39 Å². The molecule has 7 rings (SSSR count). The zero-order valence-corrected chi connectivity index (χ0v) is 20.4. The van der Waals surface area contributed by atoms with E-state index in [1.807, 2.05) is 12.1 Å². The fraction of sp³-hybridized carbons (Fsp3) is 0.500.